The van der Waals surface area contributed by atoms with Crippen LogP contribution in [-0.2, 0) is 21.2 Å². The number of aliphatic imine (C=N–C) groups is 1. The summed E-state index contributed by atoms with van der Waals surface area (Å²) >= 11 is 5.96. The first-order valence-corrected chi connectivity index (χ1v) is 10.2. The van der Waals surface area contributed by atoms with E-state index < -0.39 is 10.0 Å². The SMILES string of the molecule is CN=C(NCCc1cccc(Cl)c1)NCCS(=O)(=O)N1CCOCC1.I. The van der Waals surface area contributed by atoms with Crippen LogP contribution in [0.2, 0.25) is 5.02 Å². The Kier molecular flexibility index (Phi) is 10.8. The molecule has 1 heterocycles. The number of benzene rings is 1. The summed E-state index contributed by atoms with van der Waals surface area (Å²) in [6, 6.07) is 7.70. The van der Waals surface area contributed by atoms with E-state index in [0.717, 1.165) is 12.0 Å². The molecule has 148 valence electrons. The second-order valence-corrected chi connectivity index (χ2v) is 8.16. The van der Waals surface area contributed by atoms with Gasteiger partial charge in [0, 0.05) is 38.2 Å². The average Bonchev–Trinajstić information content (AvgIpc) is 2.61. The molecular weight excluding hydrogens is 491 g/mol. The van der Waals surface area contributed by atoms with Gasteiger partial charge in [-0.1, -0.05) is 23.7 Å². The molecule has 0 bridgehead atoms. The minimum atomic E-state index is -3.26. The largest absolute Gasteiger partial charge is 0.379 e. The topological polar surface area (TPSA) is 83.0 Å². The first-order chi connectivity index (χ1) is 12.0. The standard InChI is InChI=1S/C16H25ClN4O3S.HI/c1-18-16(19-6-5-14-3-2-4-15(17)13-14)20-7-12-25(22,23)21-8-10-24-11-9-21;/h2-4,13H,5-12H2,1H3,(H2,18,19,20);1H. The number of morpholine rings is 1. The van der Waals surface area contributed by atoms with Gasteiger partial charge in [0.25, 0.3) is 0 Å². The van der Waals surface area contributed by atoms with E-state index in [4.69, 9.17) is 16.3 Å². The Morgan fingerprint density at radius 3 is 2.62 bits per heavy atom. The van der Waals surface area contributed by atoms with Crippen molar-refractivity contribution in [2.75, 3.05) is 52.2 Å². The first-order valence-electron chi connectivity index (χ1n) is 8.26. The third kappa shape index (κ3) is 7.95. The third-order valence-corrected chi connectivity index (χ3v) is 5.94. The van der Waals surface area contributed by atoms with Crippen LogP contribution in [0.4, 0.5) is 0 Å². The predicted octanol–water partition coefficient (Wildman–Crippen LogP) is 1.33. The molecule has 2 rings (SSSR count). The number of sulfonamides is 1. The zero-order valence-corrected chi connectivity index (χ0v) is 18.7. The Labute approximate surface area is 177 Å². The molecule has 1 aliphatic rings. The van der Waals surface area contributed by atoms with Crippen molar-refractivity contribution < 1.29 is 13.2 Å². The number of guanidine groups is 1. The Morgan fingerprint density at radius 1 is 1.27 bits per heavy atom. The maximum Gasteiger partial charge on any atom is 0.215 e. The molecule has 0 radical (unpaired) electrons. The van der Waals surface area contributed by atoms with Crippen LogP contribution in [0.5, 0.6) is 0 Å². The van der Waals surface area contributed by atoms with Gasteiger partial charge in [0.2, 0.25) is 10.0 Å². The average molecular weight is 517 g/mol. The predicted molar refractivity (Wildman–Crippen MR) is 116 cm³/mol. The van der Waals surface area contributed by atoms with E-state index >= 15 is 0 Å². The summed E-state index contributed by atoms with van der Waals surface area (Å²) in [5.74, 6) is 0.612. The fourth-order valence-corrected chi connectivity index (χ4v) is 4.03. The van der Waals surface area contributed by atoms with Crippen LogP contribution in [0.3, 0.4) is 0 Å². The number of halogens is 2. The molecule has 7 nitrogen and oxygen atoms in total. The molecule has 1 saturated heterocycles. The van der Waals surface area contributed by atoms with Gasteiger partial charge in [-0.25, -0.2) is 8.42 Å². The van der Waals surface area contributed by atoms with E-state index in [1.54, 1.807) is 7.05 Å². The molecular formula is C16H26ClIN4O3S. The smallest absolute Gasteiger partial charge is 0.215 e. The molecule has 0 atom stereocenters. The van der Waals surface area contributed by atoms with Crippen LogP contribution in [0, 0.1) is 0 Å². The Bertz CT molecular complexity index is 682. The van der Waals surface area contributed by atoms with Crippen molar-refractivity contribution in [2.24, 2.45) is 4.99 Å². The van der Waals surface area contributed by atoms with Gasteiger partial charge in [0.05, 0.1) is 19.0 Å². The van der Waals surface area contributed by atoms with Crippen molar-refractivity contribution in [3.63, 3.8) is 0 Å². The summed E-state index contributed by atoms with van der Waals surface area (Å²) in [5, 5.41) is 6.92. The molecule has 0 aromatic heterocycles. The van der Waals surface area contributed by atoms with Gasteiger partial charge < -0.3 is 15.4 Å². The normalized spacial score (nSPS) is 16.0. The van der Waals surface area contributed by atoms with Crippen LogP contribution in [-0.4, -0.2) is 70.9 Å². The minimum absolute atomic E-state index is 0. The Hall–Kier alpha value is -0.620. The van der Waals surface area contributed by atoms with Gasteiger partial charge in [0.15, 0.2) is 5.96 Å². The van der Waals surface area contributed by atoms with Crippen LogP contribution in [0.1, 0.15) is 5.56 Å². The molecule has 1 aromatic carbocycles. The lowest BCUT2D eigenvalue weighted by Crippen LogP contribution is -2.45. The summed E-state index contributed by atoms with van der Waals surface area (Å²) in [4.78, 5) is 4.11. The molecule has 10 heteroatoms. The van der Waals surface area contributed by atoms with Crippen molar-refractivity contribution in [3.8, 4) is 0 Å². The highest BCUT2D eigenvalue weighted by Gasteiger charge is 2.23. The molecule has 0 unspecified atom stereocenters. The molecule has 1 aromatic rings. The summed E-state index contributed by atoms with van der Waals surface area (Å²) < 4.78 is 31.2. The zero-order valence-electron chi connectivity index (χ0n) is 14.8. The summed E-state index contributed by atoms with van der Waals surface area (Å²) in [6.07, 6.45) is 0.799. The lowest BCUT2D eigenvalue weighted by atomic mass is 10.1. The van der Waals surface area contributed by atoms with Gasteiger partial charge in [-0.3, -0.25) is 4.99 Å². The summed E-state index contributed by atoms with van der Waals surface area (Å²) in [6.45, 7) is 2.75. The van der Waals surface area contributed by atoms with Crippen molar-refractivity contribution in [2.45, 2.75) is 6.42 Å². The fraction of sp³-hybridized carbons (Fsp3) is 0.562. The van der Waals surface area contributed by atoms with Crippen LogP contribution < -0.4 is 10.6 Å². The molecule has 2 N–H and O–H groups in total. The van der Waals surface area contributed by atoms with E-state index in [-0.39, 0.29) is 29.7 Å². The van der Waals surface area contributed by atoms with E-state index in [0.29, 0.717) is 50.4 Å². The highest BCUT2D eigenvalue weighted by Crippen LogP contribution is 2.10. The zero-order chi connectivity index (χ0) is 18.1. The fourth-order valence-electron chi connectivity index (χ4n) is 2.49. The minimum Gasteiger partial charge on any atom is -0.379 e. The van der Waals surface area contributed by atoms with Crippen molar-refractivity contribution >= 4 is 51.6 Å². The van der Waals surface area contributed by atoms with Crippen LogP contribution in [0.15, 0.2) is 29.3 Å². The molecule has 0 aliphatic carbocycles. The number of nitrogens with one attached hydrogen (secondary N) is 2. The van der Waals surface area contributed by atoms with E-state index in [1.807, 2.05) is 24.3 Å². The summed E-state index contributed by atoms with van der Waals surface area (Å²) in [7, 11) is -1.60. The van der Waals surface area contributed by atoms with Gasteiger partial charge >= 0.3 is 0 Å². The maximum absolute atomic E-state index is 12.2. The highest BCUT2D eigenvalue weighted by atomic mass is 127. The molecule has 26 heavy (non-hydrogen) atoms. The second-order valence-electron chi connectivity index (χ2n) is 5.63. The Morgan fingerprint density at radius 2 is 1.96 bits per heavy atom. The monoisotopic (exact) mass is 516 g/mol. The quantitative estimate of drug-likeness (QED) is 0.325. The van der Waals surface area contributed by atoms with Gasteiger partial charge in [0.1, 0.15) is 0 Å². The number of rotatable bonds is 7. The molecule has 0 saturated carbocycles. The lowest BCUT2D eigenvalue weighted by molar-refractivity contribution is 0.0730. The van der Waals surface area contributed by atoms with Gasteiger partial charge in [-0.2, -0.15) is 4.31 Å². The number of nitrogens with zero attached hydrogens (tertiary/aromatic N) is 2. The van der Waals surface area contributed by atoms with Crippen molar-refractivity contribution in [1.29, 1.82) is 0 Å². The lowest BCUT2D eigenvalue weighted by Gasteiger charge is -2.26. The second kappa shape index (κ2) is 12.0. The highest BCUT2D eigenvalue weighted by molar-refractivity contribution is 14.0. The van der Waals surface area contributed by atoms with Gasteiger partial charge in [-0.15, -0.1) is 24.0 Å². The van der Waals surface area contributed by atoms with E-state index in [2.05, 4.69) is 15.6 Å². The molecule has 1 aliphatic heterocycles. The van der Waals surface area contributed by atoms with E-state index in [1.165, 1.54) is 4.31 Å². The van der Waals surface area contributed by atoms with E-state index in [9.17, 15) is 8.42 Å². The third-order valence-electron chi connectivity index (χ3n) is 3.83. The number of ether oxygens (including phenoxy) is 1. The van der Waals surface area contributed by atoms with Crippen molar-refractivity contribution in [1.82, 2.24) is 14.9 Å². The van der Waals surface area contributed by atoms with Crippen LogP contribution in [0.25, 0.3) is 0 Å². The number of hydrogen-bond acceptors (Lipinski definition) is 4. The molecule has 0 amide bonds. The summed E-state index contributed by atoms with van der Waals surface area (Å²) in [5.41, 5.74) is 1.13. The molecule has 1 fully saturated rings. The van der Waals surface area contributed by atoms with Gasteiger partial charge in [-0.05, 0) is 24.1 Å². The molecule has 0 spiro atoms. The number of hydrogen-bond donors (Lipinski definition) is 2. The maximum atomic E-state index is 12.2. The Balaban J connectivity index is 0.00000338. The van der Waals surface area contributed by atoms with Crippen molar-refractivity contribution in [3.05, 3.63) is 34.9 Å². The van der Waals surface area contributed by atoms with Crippen LogP contribution >= 0.6 is 35.6 Å². The first kappa shape index (κ1) is 23.4.